The first-order valence-electron chi connectivity index (χ1n) is 15.4. The molecule has 0 aliphatic carbocycles. The average molecular weight is 549 g/mol. The van der Waals surface area contributed by atoms with Crippen molar-refractivity contribution in [2.75, 3.05) is 19.8 Å². The van der Waals surface area contributed by atoms with Gasteiger partial charge in [-0.25, -0.2) is 0 Å². The maximum atomic E-state index is 7.01. The summed E-state index contributed by atoms with van der Waals surface area (Å²) in [6, 6.07) is 10.5. The molecule has 1 aromatic carbocycles. The Morgan fingerprint density at radius 3 is 2.21 bits per heavy atom. The summed E-state index contributed by atoms with van der Waals surface area (Å²) in [6.07, 6.45) is 8.34. The van der Waals surface area contributed by atoms with E-state index in [0.29, 0.717) is 30.3 Å². The molecule has 6 atom stereocenters. The van der Waals surface area contributed by atoms with Gasteiger partial charge in [0.1, 0.15) is 0 Å². The van der Waals surface area contributed by atoms with Crippen LogP contribution in [0, 0.1) is 23.7 Å². The summed E-state index contributed by atoms with van der Waals surface area (Å²) < 4.78 is 24.9. The van der Waals surface area contributed by atoms with Gasteiger partial charge in [0.05, 0.1) is 13.2 Å². The van der Waals surface area contributed by atoms with E-state index in [-0.39, 0.29) is 17.4 Å². The summed E-state index contributed by atoms with van der Waals surface area (Å²) in [5, 5.41) is 0.205. The van der Waals surface area contributed by atoms with Gasteiger partial charge in [-0.1, -0.05) is 78.8 Å². The summed E-state index contributed by atoms with van der Waals surface area (Å²) in [5.74, 6) is 2.44. The van der Waals surface area contributed by atoms with Crippen molar-refractivity contribution >= 4 is 8.32 Å². The van der Waals surface area contributed by atoms with E-state index in [0.717, 1.165) is 32.7 Å². The Kier molecular flexibility index (Phi) is 14.6. The van der Waals surface area contributed by atoms with Gasteiger partial charge in [0.15, 0.2) is 14.6 Å². The number of ether oxygens (including phenoxy) is 3. The second kappa shape index (κ2) is 16.5. The van der Waals surface area contributed by atoms with Crippen LogP contribution in [0.25, 0.3) is 0 Å². The van der Waals surface area contributed by atoms with E-state index in [4.69, 9.17) is 18.6 Å². The van der Waals surface area contributed by atoms with Crippen molar-refractivity contribution in [3.8, 4) is 0 Å². The van der Waals surface area contributed by atoms with Crippen molar-refractivity contribution in [3.63, 3.8) is 0 Å². The molecule has 38 heavy (non-hydrogen) atoms. The molecule has 4 nitrogen and oxygen atoms in total. The number of hydrogen-bond acceptors (Lipinski definition) is 4. The zero-order valence-corrected chi connectivity index (χ0v) is 27.3. The zero-order valence-electron chi connectivity index (χ0n) is 26.3. The molecule has 0 N–H and O–H groups in total. The molecule has 0 saturated carbocycles. The molecule has 1 aromatic rings. The maximum Gasteiger partial charge on any atom is 0.192 e. The SMILES string of the molecule is C[C@@H](C[C@H](C)COC1CCCCO1)C[C@H](C)C[C@H](C)[C@H](CCOCc1ccccc1)O[Si](C)(C)C(C)(C)C. The Labute approximate surface area is 236 Å². The van der Waals surface area contributed by atoms with Gasteiger partial charge in [-0.05, 0) is 92.3 Å². The molecular weight excluding hydrogens is 488 g/mol. The molecule has 0 spiro atoms. The van der Waals surface area contributed by atoms with Crippen LogP contribution in [0.4, 0.5) is 0 Å². The van der Waals surface area contributed by atoms with Crippen LogP contribution in [0.15, 0.2) is 30.3 Å². The first-order valence-corrected chi connectivity index (χ1v) is 18.3. The van der Waals surface area contributed by atoms with Crippen LogP contribution < -0.4 is 0 Å². The lowest BCUT2D eigenvalue weighted by Crippen LogP contribution is -2.46. The summed E-state index contributed by atoms with van der Waals surface area (Å²) in [4.78, 5) is 0. The second-order valence-corrected chi connectivity index (χ2v) is 18.6. The Bertz CT molecular complexity index is 741. The highest BCUT2D eigenvalue weighted by Crippen LogP contribution is 2.39. The lowest BCUT2D eigenvalue weighted by Gasteiger charge is -2.41. The van der Waals surface area contributed by atoms with Crippen molar-refractivity contribution < 1.29 is 18.6 Å². The van der Waals surface area contributed by atoms with Crippen LogP contribution in [0.3, 0.4) is 0 Å². The Morgan fingerprint density at radius 2 is 1.58 bits per heavy atom. The lowest BCUT2D eigenvalue weighted by molar-refractivity contribution is -0.168. The van der Waals surface area contributed by atoms with Crippen LogP contribution in [0.1, 0.15) is 99.0 Å². The Hall–Kier alpha value is -0.723. The van der Waals surface area contributed by atoms with Crippen LogP contribution >= 0.6 is 0 Å². The minimum Gasteiger partial charge on any atom is -0.414 e. The normalized spacial score (nSPS) is 21.0. The van der Waals surface area contributed by atoms with Gasteiger partial charge in [0.25, 0.3) is 0 Å². The predicted octanol–water partition coefficient (Wildman–Crippen LogP) is 9.24. The third-order valence-corrected chi connectivity index (χ3v) is 13.1. The summed E-state index contributed by atoms with van der Waals surface area (Å²) in [5.41, 5.74) is 1.23. The number of rotatable bonds is 17. The first-order chi connectivity index (χ1) is 17.9. The van der Waals surface area contributed by atoms with Crippen LogP contribution in [0.2, 0.25) is 18.1 Å². The van der Waals surface area contributed by atoms with E-state index in [1.807, 2.05) is 0 Å². The van der Waals surface area contributed by atoms with Crippen molar-refractivity contribution in [2.24, 2.45) is 23.7 Å². The van der Waals surface area contributed by atoms with Crippen molar-refractivity contribution in [3.05, 3.63) is 35.9 Å². The van der Waals surface area contributed by atoms with E-state index in [9.17, 15) is 0 Å². The van der Waals surface area contributed by atoms with E-state index in [1.165, 1.54) is 37.7 Å². The minimum absolute atomic E-state index is 0.0239. The highest BCUT2D eigenvalue weighted by molar-refractivity contribution is 6.74. The van der Waals surface area contributed by atoms with Crippen LogP contribution in [-0.2, 0) is 25.2 Å². The third-order valence-electron chi connectivity index (χ3n) is 8.63. The number of benzene rings is 1. The number of hydrogen-bond donors (Lipinski definition) is 0. The molecule has 1 aliphatic rings. The fourth-order valence-corrected chi connectivity index (χ4v) is 6.97. The van der Waals surface area contributed by atoms with Crippen LogP contribution in [-0.4, -0.2) is 40.5 Å². The van der Waals surface area contributed by atoms with E-state index < -0.39 is 8.32 Å². The zero-order chi connectivity index (χ0) is 28.2. The van der Waals surface area contributed by atoms with Crippen molar-refractivity contribution in [2.45, 2.75) is 131 Å². The monoisotopic (exact) mass is 548 g/mol. The minimum atomic E-state index is -1.86. The molecule has 5 heteroatoms. The molecule has 0 amide bonds. The average Bonchev–Trinajstić information content (AvgIpc) is 2.85. The maximum absolute atomic E-state index is 7.01. The standard InChI is InChI=1S/C33H60O4Si/c1-26(22-28(3)24-36-32-17-13-14-19-35-32)21-27(2)23-29(4)31(37-38(8,9)33(5,6)7)18-20-34-25-30-15-11-10-12-16-30/h10-12,15-16,26-29,31-32H,13-14,17-25H2,1-9H3/t26-,27+,28+,29+,31+,32?/m1/s1. The lowest BCUT2D eigenvalue weighted by atomic mass is 9.84. The van der Waals surface area contributed by atoms with Gasteiger partial charge >= 0.3 is 0 Å². The largest absolute Gasteiger partial charge is 0.414 e. The predicted molar refractivity (Wildman–Crippen MR) is 163 cm³/mol. The fourth-order valence-electron chi connectivity index (χ4n) is 5.51. The van der Waals surface area contributed by atoms with Gasteiger partial charge in [-0.15, -0.1) is 0 Å². The molecule has 0 bridgehead atoms. The van der Waals surface area contributed by atoms with Gasteiger partial charge in [0, 0.05) is 19.3 Å². The fraction of sp³-hybridized carbons (Fsp3) is 0.818. The highest BCUT2D eigenvalue weighted by atomic mass is 28.4. The Balaban J connectivity index is 1.83. The second-order valence-electron chi connectivity index (χ2n) is 13.9. The molecule has 2 rings (SSSR count). The first kappa shape index (κ1) is 33.5. The summed E-state index contributed by atoms with van der Waals surface area (Å²) in [6.45, 7) is 24.4. The van der Waals surface area contributed by atoms with Gasteiger partial charge in [0.2, 0.25) is 0 Å². The quantitative estimate of drug-likeness (QED) is 0.144. The molecule has 220 valence electrons. The van der Waals surface area contributed by atoms with Gasteiger partial charge in [-0.2, -0.15) is 0 Å². The molecule has 1 aliphatic heterocycles. The van der Waals surface area contributed by atoms with Crippen molar-refractivity contribution in [1.82, 2.24) is 0 Å². The highest BCUT2D eigenvalue weighted by Gasteiger charge is 2.40. The molecular formula is C33H60O4Si. The topological polar surface area (TPSA) is 36.9 Å². The summed E-state index contributed by atoms with van der Waals surface area (Å²) >= 11 is 0. The molecule has 0 aromatic heterocycles. The van der Waals surface area contributed by atoms with Gasteiger partial charge < -0.3 is 18.6 Å². The molecule has 1 unspecified atom stereocenters. The smallest absolute Gasteiger partial charge is 0.192 e. The molecule has 1 heterocycles. The molecule has 0 radical (unpaired) electrons. The molecule has 1 saturated heterocycles. The van der Waals surface area contributed by atoms with Crippen molar-refractivity contribution in [1.29, 1.82) is 0 Å². The van der Waals surface area contributed by atoms with E-state index in [2.05, 4.69) is 91.9 Å². The third kappa shape index (κ3) is 12.6. The van der Waals surface area contributed by atoms with E-state index >= 15 is 0 Å². The summed E-state index contributed by atoms with van der Waals surface area (Å²) in [7, 11) is -1.86. The van der Waals surface area contributed by atoms with E-state index in [1.54, 1.807) is 0 Å². The van der Waals surface area contributed by atoms with Crippen LogP contribution in [0.5, 0.6) is 0 Å². The molecule has 1 fully saturated rings. The Morgan fingerprint density at radius 1 is 0.921 bits per heavy atom. The van der Waals surface area contributed by atoms with Gasteiger partial charge in [-0.3, -0.25) is 0 Å².